The summed E-state index contributed by atoms with van der Waals surface area (Å²) in [6.07, 6.45) is 11.8. The number of aromatic nitrogens is 3. The Balaban J connectivity index is 1.48. The molecule has 0 saturated carbocycles. The van der Waals surface area contributed by atoms with Crippen molar-refractivity contribution >= 4 is 39.4 Å². The van der Waals surface area contributed by atoms with Gasteiger partial charge in [0.1, 0.15) is 23.6 Å². The Morgan fingerprint density at radius 2 is 2.05 bits per heavy atom. The third-order valence-electron chi connectivity index (χ3n) is 9.35. The van der Waals surface area contributed by atoms with E-state index in [-0.39, 0.29) is 22.8 Å². The van der Waals surface area contributed by atoms with Crippen LogP contribution < -0.4 is 15.0 Å². The van der Waals surface area contributed by atoms with Crippen LogP contribution in [0.1, 0.15) is 63.5 Å². The summed E-state index contributed by atoms with van der Waals surface area (Å²) >= 11 is 6.64. The lowest BCUT2D eigenvalue weighted by molar-refractivity contribution is 0.0828. The van der Waals surface area contributed by atoms with E-state index in [2.05, 4.69) is 40.7 Å². The molecule has 42 heavy (non-hydrogen) atoms. The fraction of sp³-hybridized carbons (Fsp3) is 0.485. The number of ether oxygens (including phenoxy) is 1. The zero-order chi connectivity index (χ0) is 29.4. The zero-order valence-corrected chi connectivity index (χ0v) is 25.6. The van der Waals surface area contributed by atoms with Gasteiger partial charge < -0.3 is 15.0 Å². The molecule has 3 aliphatic heterocycles. The lowest BCUT2D eigenvalue weighted by atomic mass is 9.92. The highest BCUT2D eigenvalue weighted by molar-refractivity contribution is 6.49. The average Bonchev–Trinajstić information content (AvgIpc) is 3.55. The highest BCUT2D eigenvalue weighted by Gasteiger charge is 2.39. The fourth-order valence-corrected chi connectivity index (χ4v) is 7.35. The number of likely N-dealkylation sites (tertiary alicyclic amines) is 1. The summed E-state index contributed by atoms with van der Waals surface area (Å²) in [6.45, 7) is 11.1. The normalized spacial score (nSPS) is 24.5. The number of nitrogens with one attached hydrogen (secondary N) is 1. The first-order valence-corrected chi connectivity index (χ1v) is 15.5. The maximum atomic E-state index is 16.7. The minimum atomic E-state index is -0.511. The van der Waals surface area contributed by atoms with Gasteiger partial charge in [0.25, 0.3) is 0 Å². The molecule has 222 valence electrons. The molecule has 3 unspecified atom stereocenters. The summed E-state index contributed by atoms with van der Waals surface area (Å²) in [6, 6.07) is 6.60. The zero-order valence-electron chi connectivity index (χ0n) is 24.8. The van der Waals surface area contributed by atoms with Gasteiger partial charge >= 0.3 is 6.01 Å². The van der Waals surface area contributed by atoms with Crippen LogP contribution in [0.4, 0.5) is 10.2 Å². The molecular formula is C33H40ClFN6O. The van der Waals surface area contributed by atoms with Gasteiger partial charge in [-0.05, 0) is 58.2 Å². The molecule has 1 N–H and O–H groups in total. The topological polar surface area (TPSA) is 66.4 Å². The molecule has 0 radical (unpaired) electrons. The van der Waals surface area contributed by atoms with Crippen LogP contribution in [0.5, 0.6) is 6.01 Å². The summed E-state index contributed by atoms with van der Waals surface area (Å²) in [5, 5.41) is 4.77. The molecule has 3 aromatic rings. The monoisotopic (exact) mass is 590 g/mol. The van der Waals surface area contributed by atoms with E-state index in [4.69, 9.17) is 26.3 Å². The second-order valence-electron chi connectivity index (χ2n) is 12.0. The first kappa shape index (κ1) is 29.0. The molecule has 6 rings (SSSR count). The van der Waals surface area contributed by atoms with E-state index in [1.807, 2.05) is 25.1 Å². The molecule has 0 spiro atoms. The van der Waals surface area contributed by atoms with Crippen LogP contribution in [0.25, 0.3) is 33.3 Å². The van der Waals surface area contributed by atoms with Crippen LogP contribution in [0.15, 0.2) is 37.1 Å². The van der Waals surface area contributed by atoms with Gasteiger partial charge in [-0.25, -0.2) is 4.39 Å². The Morgan fingerprint density at radius 3 is 2.71 bits per heavy atom. The number of allylic oxidation sites excluding steroid dienone is 1. The molecule has 9 heteroatoms. The van der Waals surface area contributed by atoms with E-state index in [1.165, 1.54) is 0 Å². The molecule has 5 heterocycles. The van der Waals surface area contributed by atoms with Gasteiger partial charge in [0.15, 0.2) is 5.82 Å². The summed E-state index contributed by atoms with van der Waals surface area (Å²) < 4.78 is 23.1. The first-order valence-electron chi connectivity index (χ1n) is 15.2. The molecule has 3 fully saturated rings. The highest BCUT2D eigenvalue weighted by Crippen LogP contribution is 2.39. The molecular weight excluding hydrogens is 551 g/mol. The summed E-state index contributed by atoms with van der Waals surface area (Å²) in [7, 11) is 2.16. The highest BCUT2D eigenvalue weighted by atomic mass is 35.5. The number of fused-ring (bicyclic) bond motifs is 3. The van der Waals surface area contributed by atoms with Gasteiger partial charge in [0, 0.05) is 47.5 Å². The predicted octanol–water partition coefficient (Wildman–Crippen LogP) is 6.66. The average molecular weight is 591 g/mol. The Hall–Kier alpha value is -3.07. The van der Waals surface area contributed by atoms with E-state index >= 15 is 4.39 Å². The van der Waals surface area contributed by atoms with E-state index < -0.39 is 5.82 Å². The van der Waals surface area contributed by atoms with Crippen molar-refractivity contribution in [3.63, 3.8) is 0 Å². The number of hydrogen-bond acceptors (Lipinski definition) is 7. The van der Waals surface area contributed by atoms with Crippen LogP contribution in [0, 0.1) is 5.82 Å². The van der Waals surface area contributed by atoms with Crippen molar-refractivity contribution < 1.29 is 9.13 Å². The second-order valence-corrected chi connectivity index (χ2v) is 12.4. The number of piperazine rings is 1. The number of hydrogen-bond donors (Lipinski definition) is 1. The third kappa shape index (κ3) is 5.18. The van der Waals surface area contributed by atoms with Crippen LogP contribution in [0.2, 0.25) is 0 Å². The number of likely N-dealkylation sites (N-methyl/N-ethyl adjacent to an activating group) is 1. The number of halogens is 2. The molecule has 0 aliphatic carbocycles. The van der Waals surface area contributed by atoms with Crippen LogP contribution in [-0.2, 0) is 0 Å². The predicted molar refractivity (Wildman–Crippen MR) is 169 cm³/mol. The fourth-order valence-electron chi connectivity index (χ4n) is 7.14. The van der Waals surface area contributed by atoms with Crippen LogP contribution in [0.3, 0.4) is 0 Å². The molecule has 3 aliphatic rings. The van der Waals surface area contributed by atoms with Crippen molar-refractivity contribution in [2.24, 2.45) is 0 Å². The smallest absolute Gasteiger partial charge is 0.319 e. The second kappa shape index (κ2) is 11.9. The van der Waals surface area contributed by atoms with E-state index in [9.17, 15) is 0 Å². The SMILES string of the molecule is C=Cc1cccc(-c2ncc3c(N4CC5CCC(C4)N5)nc(OCC4(CCC)CCCN4C)nc3c2F)c1/C(Cl)=C\C. The quantitative estimate of drug-likeness (QED) is 0.299. The number of nitrogens with zero attached hydrogens (tertiary/aromatic N) is 5. The maximum absolute atomic E-state index is 16.7. The molecule has 7 nitrogen and oxygen atoms in total. The Bertz CT molecular complexity index is 1520. The molecule has 2 aromatic heterocycles. The standard InChI is InChI=1S/C33H40ClFN6O/c1-5-14-33(15-9-16-40(33)4)20-42-32-38-30-25(31(39-32)41-18-22-12-13-23(19-41)37-22)17-36-29(28(30)35)24-11-8-10-21(6-2)27(24)26(34)7-3/h6-8,10-11,17,22-23,37H,2,5,9,12-16,18-20H2,1,3-4H3/b26-7+. The maximum Gasteiger partial charge on any atom is 0.319 e. The van der Waals surface area contributed by atoms with Crippen molar-refractivity contribution in [2.45, 2.75) is 70.0 Å². The molecule has 0 amide bonds. The van der Waals surface area contributed by atoms with Crippen LogP contribution in [-0.4, -0.2) is 70.8 Å². The Kier molecular flexibility index (Phi) is 8.22. The van der Waals surface area contributed by atoms with Gasteiger partial charge in [0.05, 0.1) is 10.9 Å². The third-order valence-corrected chi connectivity index (χ3v) is 9.76. The van der Waals surface area contributed by atoms with E-state index in [1.54, 1.807) is 18.3 Å². The molecule has 2 bridgehead atoms. The molecule has 1 aromatic carbocycles. The van der Waals surface area contributed by atoms with Gasteiger partial charge in [0.2, 0.25) is 0 Å². The Morgan fingerprint density at radius 1 is 1.26 bits per heavy atom. The summed E-state index contributed by atoms with van der Waals surface area (Å²) in [5.74, 6) is 0.172. The van der Waals surface area contributed by atoms with Crippen LogP contribution >= 0.6 is 11.6 Å². The summed E-state index contributed by atoms with van der Waals surface area (Å²) in [5.41, 5.74) is 2.43. The molecule has 3 atom stereocenters. The lowest BCUT2D eigenvalue weighted by Gasteiger charge is -2.36. The van der Waals surface area contributed by atoms with Gasteiger partial charge in [-0.2, -0.15) is 9.97 Å². The van der Waals surface area contributed by atoms with Crippen molar-refractivity contribution in [3.8, 4) is 17.3 Å². The van der Waals surface area contributed by atoms with Gasteiger partial charge in [-0.3, -0.25) is 9.88 Å². The van der Waals surface area contributed by atoms with Crippen molar-refractivity contribution in [3.05, 3.63) is 54.0 Å². The first-order chi connectivity index (χ1) is 20.4. The Labute approximate surface area is 252 Å². The van der Waals surface area contributed by atoms with Crippen molar-refractivity contribution in [1.29, 1.82) is 0 Å². The molecule has 3 saturated heterocycles. The number of rotatable bonds is 9. The van der Waals surface area contributed by atoms with E-state index in [0.717, 1.165) is 63.7 Å². The number of benzene rings is 1. The van der Waals surface area contributed by atoms with Crippen molar-refractivity contribution in [1.82, 2.24) is 25.2 Å². The van der Waals surface area contributed by atoms with Crippen molar-refractivity contribution in [2.75, 3.05) is 38.2 Å². The lowest BCUT2D eigenvalue weighted by Crippen LogP contribution is -2.51. The van der Waals surface area contributed by atoms with E-state index in [0.29, 0.717) is 46.1 Å². The number of pyridine rings is 1. The minimum Gasteiger partial charge on any atom is -0.461 e. The largest absolute Gasteiger partial charge is 0.461 e. The number of anilines is 1. The minimum absolute atomic E-state index is 0.0629. The van der Waals surface area contributed by atoms with Gasteiger partial charge in [-0.1, -0.05) is 61.9 Å². The summed E-state index contributed by atoms with van der Waals surface area (Å²) in [4.78, 5) is 18.9. The van der Waals surface area contributed by atoms with Gasteiger partial charge in [-0.15, -0.1) is 0 Å².